The number of aromatic nitrogens is 1. The van der Waals surface area contributed by atoms with Crippen LogP contribution in [0.1, 0.15) is 22.8 Å². The number of hydrogen-bond acceptors (Lipinski definition) is 6. The monoisotopic (exact) mass is 420 g/mol. The average molecular weight is 421 g/mol. The molecule has 7 nitrogen and oxygen atoms in total. The second kappa shape index (κ2) is 8.87. The van der Waals surface area contributed by atoms with Crippen LogP contribution in [-0.4, -0.2) is 63.2 Å². The highest BCUT2D eigenvalue weighted by Crippen LogP contribution is 2.22. The normalized spacial score (nSPS) is 15.3. The molecule has 3 rings (SSSR count). The Morgan fingerprint density at radius 1 is 1.17 bits per heavy atom. The summed E-state index contributed by atoms with van der Waals surface area (Å²) < 4.78 is 37.4. The van der Waals surface area contributed by atoms with E-state index in [1.807, 2.05) is 4.90 Å². The third kappa shape index (κ3) is 5.30. The number of rotatable bonds is 6. The van der Waals surface area contributed by atoms with Gasteiger partial charge >= 0.3 is 0 Å². The molecule has 2 heterocycles. The highest BCUT2D eigenvalue weighted by molar-refractivity contribution is 7.90. The minimum absolute atomic E-state index is 0.0912. The van der Waals surface area contributed by atoms with Crippen LogP contribution in [0.2, 0.25) is 0 Å². The Kier molecular flexibility index (Phi) is 6.49. The van der Waals surface area contributed by atoms with Gasteiger partial charge in [-0.1, -0.05) is 13.0 Å². The van der Waals surface area contributed by atoms with Gasteiger partial charge in [-0.2, -0.15) is 0 Å². The number of pyridine rings is 1. The summed E-state index contributed by atoms with van der Waals surface area (Å²) in [6.07, 6.45) is 2.27. The van der Waals surface area contributed by atoms with Gasteiger partial charge in [-0.15, -0.1) is 0 Å². The van der Waals surface area contributed by atoms with E-state index in [0.29, 0.717) is 11.3 Å². The lowest BCUT2D eigenvalue weighted by atomic mass is 10.1. The van der Waals surface area contributed by atoms with Gasteiger partial charge in [0, 0.05) is 45.2 Å². The molecule has 1 aromatic heterocycles. The van der Waals surface area contributed by atoms with Crippen LogP contribution < -0.4 is 10.2 Å². The molecule has 156 valence electrons. The molecule has 2 aromatic rings. The minimum atomic E-state index is -3.41. The molecule has 0 aliphatic carbocycles. The number of hydrogen-bond donors (Lipinski definition) is 1. The third-order valence-corrected chi connectivity index (χ3v) is 6.01. The van der Waals surface area contributed by atoms with Crippen LogP contribution in [0.3, 0.4) is 0 Å². The van der Waals surface area contributed by atoms with E-state index in [-0.39, 0.29) is 23.0 Å². The molecule has 1 N–H and O–H groups in total. The van der Waals surface area contributed by atoms with Crippen molar-refractivity contribution < 1.29 is 17.6 Å². The van der Waals surface area contributed by atoms with Crippen molar-refractivity contribution in [3.63, 3.8) is 0 Å². The number of nitrogens with zero attached hydrogens (tertiary/aromatic N) is 3. The van der Waals surface area contributed by atoms with Gasteiger partial charge in [0.1, 0.15) is 5.82 Å². The van der Waals surface area contributed by atoms with Gasteiger partial charge in [0.2, 0.25) is 0 Å². The van der Waals surface area contributed by atoms with E-state index >= 15 is 0 Å². The van der Waals surface area contributed by atoms with Gasteiger partial charge < -0.3 is 15.1 Å². The molecule has 1 aromatic carbocycles. The van der Waals surface area contributed by atoms with Crippen LogP contribution in [0.4, 0.5) is 10.1 Å². The van der Waals surface area contributed by atoms with Crippen molar-refractivity contribution in [2.45, 2.75) is 18.5 Å². The SMILES string of the molecule is CCN1CCN(c2ccc(CNC(=O)c3ccc(S(C)(=O)=O)nc3)cc2F)CC1. The molecule has 0 radical (unpaired) electrons. The fraction of sp³-hybridized carbons (Fsp3) is 0.400. The molecule has 0 bridgehead atoms. The van der Waals surface area contributed by atoms with Crippen molar-refractivity contribution in [1.82, 2.24) is 15.2 Å². The maximum atomic E-state index is 14.6. The Labute approximate surface area is 170 Å². The van der Waals surface area contributed by atoms with E-state index in [2.05, 4.69) is 22.1 Å². The van der Waals surface area contributed by atoms with Gasteiger partial charge in [-0.25, -0.2) is 17.8 Å². The average Bonchev–Trinajstić information content (AvgIpc) is 2.71. The van der Waals surface area contributed by atoms with E-state index in [4.69, 9.17) is 0 Å². The van der Waals surface area contributed by atoms with E-state index in [9.17, 15) is 17.6 Å². The van der Waals surface area contributed by atoms with Crippen LogP contribution in [0.15, 0.2) is 41.6 Å². The molecule has 0 atom stereocenters. The second-order valence-corrected chi connectivity index (χ2v) is 9.01. The smallest absolute Gasteiger partial charge is 0.253 e. The Morgan fingerprint density at radius 2 is 1.90 bits per heavy atom. The summed E-state index contributed by atoms with van der Waals surface area (Å²) >= 11 is 0. The van der Waals surface area contributed by atoms with Crippen LogP contribution in [0.25, 0.3) is 0 Å². The van der Waals surface area contributed by atoms with Gasteiger partial charge in [0.15, 0.2) is 14.9 Å². The van der Waals surface area contributed by atoms with E-state index in [0.717, 1.165) is 39.0 Å². The van der Waals surface area contributed by atoms with E-state index in [1.165, 1.54) is 24.4 Å². The molecule has 1 amide bonds. The number of likely N-dealkylation sites (N-methyl/N-ethyl adjacent to an activating group) is 1. The van der Waals surface area contributed by atoms with Crippen molar-refractivity contribution in [2.24, 2.45) is 0 Å². The molecule has 1 saturated heterocycles. The summed E-state index contributed by atoms with van der Waals surface area (Å²) in [5, 5.41) is 2.61. The molecular weight excluding hydrogens is 395 g/mol. The first-order valence-electron chi connectivity index (χ1n) is 9.48. The summed E-state index contributed by atoms with van der Waals surface area (Å²) in [6, 6.07) is 7.68. The van der Waals surface area contributed by atoms with Crippen LogP contribution in [0, 0.1) is 5.82 Å². The lowest BCUT2D eigenvalue weighted by Gasteiger charge is -2.35. The standard InChI is InChI=1S/C20H25FN4O3S/c1-3-24-8-10-25(11-9-24)18-6-4-15(12-17(18)21)13-23-20(26)16-5-7-19(22-14-16)29(2,27)28/h4-7,12,14H,3,8-11,13H2,1-2H3,(H,23,26). The number of sulfone groups is 1. The number of amides is 1. The molecule has 9 heteroatoms. The molecule has 1 aliphatic rings. The van der Waals surface area contributed by atoms with Crippen LogP contribution in [0.5, 0.6) is 0 Å². The number of piperazine rings is 1. The predicted octanol–water partition coefficient (Wildman–Crippen LogP) is 1.70. The number of anilines is 1. The summed E-state index contributed by atoms with van der Waals surface area (Å²) in [4.78, 5) is 20.4. The van der Waals surface area contributed by atoms with Crippen molar-refractivity contribution >= 4 is 21.4 Å². The predicted molar refractivity (Wildman–Crippen MR) is 109 cm³/mol. The molecule has 0 spiro atoms. The van der Waals surface area contributed by atoms with Crippen LogP contribution >= 0.6 is 0 Å². The zero-order valence-corrected chi connectivity index (χ0v) is 17.4. The Hall–Kier alpha value is -2.52. The first-order valence-corrected chi connectivity index (χ1v) is 11.4. The van der Waals surface area contributed by atoms with Crippen molar-refractivity contribution in [1.29, 1.82) is 0 Å². The minimum Gasteiger partial charge on any atom is -0.367 e. The van der Waals surface area contributed by atoms with Gasteiger partial charge in [0.05, 0.1) is 11.3 Å². The molecule has 1 aliphatic heterocycles. The molecular formula is C20H25FN4O3S. The maximum Gasteiger partial charge on any atom is 0.253 e. The summed E-state index contributed by atoms with van der Waals surface area (Å²) in [7, 11) is -3.41. The molecule has 1 fully saturated rings. The number of carbonyl (C=O) groups excluding carboxylic acids is 1. The highest BCUT2D eigenvalue weighted by atomic mass is 32.2. The van der Waals surface area contributed by atoms with Crippen LogP contribution in [-0.2, 0) is 16.4 Å². The number of nitrogens with one attached hydrogen (secondary N) is 1. The largest absolute Gasteiger partial charge is 0.367 e. The van der Waals surface area contributed by atoms with Crippen molar-refractivity contribution in [3.05, 3.63) is 53.5 Å². The first-order chi connectivity index (χ1) is 13.8. The lowest BCUT2D eigenvalue weighted by Crippen LogP contribution is -2.46. The van der Waals surface area contributed by atoms with Gasteiger partial charge in [-0.3, -0.25) is 4.79 Å². The Morgan fingerprint density at radius 3 is 2.45 bits per heavy atom. The zero-order chi connectivity index (χ0) is 21.0. The quantitative estimate of drug-likeness (QED) is 0.766. The fourth-order valence-corrected chi connectivity index (χ4v) is 3.80. The number of benzene rings is 1. The Balaban J connectivity index is 1.59. The second-order valence-electron chi connectivity index (χ2n) is 7.05. The number of halogens is 1. The van der Waals surface area contributed by atoms with E-state index < -0.39 is 15.7 Å². The first kappa shape index (κ1) is 21.2. The fourth-order valence-electron chi connectivity index (χ4n) is 3.24. The maximum absolute atomic E-state index is 14.6. The van der Waals surface area contributed by atoms with Gasteiger partial charge in [-0.05, 0) is 36.4 Å². The number of carbonyl (C=O) groups is 1. The zero-order valence-electron chi connectivity index (χ0n) is 16.6. The molecule has 29 heavy (non-hydrogen) atoms. The van der Waals surface area contributed by atoms with E-state index in [1.54, 1.807) is 12.1 Å². The summed E-state index contributed by atoms with van der Waals surface area (Å²) in [5.74, 6) is -0.710. The third-order valence-electron chi connectivity index (χ3n) is 5.00. The lowest BCUT2D eigenvalue weighted by molar-refractivity contribution is 0.0950. The van der Waals surface area contributed by atoms with Crippen molar-refractivity contribution in [3.8, 4) is 0 Å². The Bertz CT molecular complexity index is 972. The van der Waals surface area contributed by atoms with Crippen molar-refractivity contribution in [2.75, 3.05) is 43.9 Å². The highest BCUT2D eigenvalue weighted by Gasteiger charge is 2.19. The molecule has 0 saturated carbocycles. The van der Waals surface area contributed by atoms with Gasteiger partial charge in [0.25, 0.3) is 5.91 Å². The topological polar surface area (TPSA) is 82.6 Å². The summed E-state index contributed by atoms with van der Waals surface area (Å²) in [6.45, 7) is 6.69. The molecule has 0 unspecified atom stereocenters. The summed E-state index contributed by atoms with van der Waals surface area (Å²) in [5.41, 5.74) is 1.46.